The zero-order chi connectivity index (χ0) is 28.3. The molecule has 10 nitrogen and oxygen atoms in total. The number of Topliss-reactive ketones (excluding diaryl/α,β-unsaturated/α-hetero) is 1. The van der Waals surface area contributed by atoms with Gasteiger partial charge in [-0.1, -0.05) is 0 Å². The number of rotatable bonds is 10. The molecule has 2 saturated carbocycles. The van der Waals surface area contributed by atoms with Gasteiger partial charge in [-0.15, -0.1) is 21.5 Å². The normalized spacial score (nSPS) is 26.0. The van der Waals surface area contributed by atoms with Gasteiger partial charge >= 0.3 is 0 Å². The molecule has 216 valence electrons. The maximum Gasteiger partial charge on any atom is 0.282 e. The molecule has 3 aliphatic carbocycles. The van der Waals surface area contributed by atoms with Gasteiger partial charge in [0.05, 0.1) is 10.8 Å². The van der Waals surface area contributed by atoms with Crippen LogP contribution >= 0.6 is 11.3 Å². The van der Waals surface area contributed by atoms with E-state index in [4.69, 9.17) is 0 Å². The van der Waals surface area contributed by atoms with Crippen LogP contribution in [-0.2, 0) is 41.1 Å². The van der Waals surface area contributed by atoms with Gasteiger partial charge in [-0.3, -0.25) is 14.0 Å². The number of thiophene rings is 1. The molecule has 3 heterocycles. The van der Waals surface area contributed by atoms with Crippen LogP contribution in [0.4, 0.5) is 29.3 Å². The van der Waals surface area contributed by atoms with Gasteiger partial charge in [-0.05, 0) is 44.1 Å². The number of aryl methyl sites for hydroxylation is 2. The molecule has 3 aromatic heterocycles. The molecular weight excluding hydrogens is 574 g/mol. The second-order valence-electron chi connectivity index (χ2n) is 10.6. The molecule has 0 aromatic carbocycles. The highest BCUT2D eigenvalue weighted by Crippen LogP contribution is 2.43. The molecular formula is C24H27F4N7O3S2. The van der Waals surface area contributed by atoms with E-state index in [0.717, 1.165) is 4.88 Å². The predicted molar refractivity (Wildman–Crippen MR) is 137 cm³/mol. The first-order chi connectivity index (χ1) is 19.0. The number of hydrogen-bond donors (Lipinski definition) is 2. The third-order valence-corrected chi connectivity index (χ3v) is 10.8. The number of ketones is 1. The predicted octanol–water partition coefficient (Wildman–Crippen LogP) is 3.73. The third-order valence-electron chi connectivity index (χ3n) is 7.72. The minimum Gasteiger partial charge on any atom is -0.309 e. The second-order valence-corrected chi connectivity index (χ2v) is 13.4. The summed E-state index contributed by atoms with van der Waals surface area (Å²) in [5.41, 5.74) is 0.178. The molecule has 0 bridgehead atoms. The molecule has 16 heteroatoms. The van der Waals surface area contributed by atoms with Gasteiger partial charge in [0.15, 0.2) is 0 Å². The quantitative estimate of drug-likeness (QED) is 0.340. The highest BCUT2D eigenvalue weighted by atomic mass is 32.2. The van der Waals surface area contributed by atoms with Crippen molar-refractivity contribution in [3.05, 3.63) is 33.4 Å². The van der Waals surface area contributed by atoms with Crippen LogP contribution in [-0.4, -0.2) is 57.1 Å². The van der Waals surface area contributed by atoms with E-state index in [-0.39, 0.29) is 60.6 Å². The minimum atomic E-state index is -4.09. The lowest BCUT2D eigenvalue weighted by Gasteiger charge is -2.30. The number of carbonyl (C=O) groups excluding carboxylic acids is 1. The van der Waals surface area contributed by atoms with Crippen molar-refractivity contribution in [1.29, 1.82) is 0 Å². The monoisotopic (exact) mass is 601 g/mol. The van der Waals surface area contributed by atoms with Crippen molar-refractivity contribution in [3.8, 4) is 0 Å². The summed E-state index contributed by atoms with van der Waals surface area (Å²) in [7, 11) is -2.58. The minimum absolute atomic E-state index is 0.0275. The Morgan fingerprint density at radius 2 is 2.00 bits per heavy atom. The van der Waals surface area contributed by atoms with E-state index in [1.807, 2.05) is 0 Å². The highest BCUT2D eigenvalue weighted by Gasteiger charge is 2.44. The van der Waals surface area contributed by atoms with Crippen LogP contribution < -0.4 is 10.0 Å². The number of aromatic nitrogens is 5. The summed E-state index contributed by atoms with van der Waals surface area (Å²) in [5, 5.41) is 14.8. The molecule has 0 radical (unpaired) electrons. The molecule has 6 rings (SSSR count). The van der Waals surface area contributed by atoms with Crippen LogP contribution in [0.3, 0.4) is 0 Å². The van der Waals surface area contributed by atoms with Crippen molar-refractivity contribution in [2.75, 3.05) is 5.32 Å². The average Bonchev–Trinajstić information content (AvgIpc) is 3.19. The number of nitrogens with one attached hydrogen (secondary N) is 2. The Bertz CT molecular complexity index is 1550. The number of halogens is 4. The molecule has 0 spiro atoms. The molecule has 3 atom stereocenters. The summed E-state index contributed by atoms with van der Waals surface area (Å²) in [6, 6.07) is 0.408. The Morgan fingerprint density at radius 1 is 1.25 bits per heavy atom. The standard InChI is InChI=1S/C24H27F4N7O3S2/c1-34-21(8-17(32-34)23(27)28)30-24-31-29-10-35(24)13-2-3-19-15(6-13)22(40(37,38)33-12-4-11(25)5-12)20(39-19)9-18(36)14-7-16(14)26/h8,10-14,16,23,33H,2-7,9H2,1H3,(H,30,31)/t11?,12?,13-,14-,16-/m0/s1. The average molecular weight is 602 g/mol. The van der Waals surface area contributed by atoms with Gasteiger partial charge < -0.3 is 5.32 Å². The number of carbonyl (C=O) groups is 1. The zero-order valence-electron chi connectivity index (χ0n) is 21.4. The lowest BCUT2D eigenvalue weighted by Crippen LogP contribution is -2.45. The van der Waals surface area contributed by atoms with Crippen molar-refractivity contribution in [3.63, 3.8) is 0 Å². The lowest BCUT2D eigenvalue weighted by atomic mass is 9.92. The first-order valence-electron chi connectivity index (χ1n) is 12.9. The topological polar surface area (TPSA) is 124 Å². The molecule has 40 heavy (non-hydrogen) atoms. The molecule has 0 unspecified atom stereocenters. The van der Waals surface area contributed by atoms with E-state index in [9.17, 15) is 30.8 Å². The summed E-state index contributed by atoms with van der Waals surface area (Å²) in [6.07, 6.45) is -1.93. The number of anilines is 2. The Hall–Kier alpha value is -2.85. The summed E-state index contributed by atoms with van der Waals surface area (Å²) in [4.78, 5) is 13.9. The number of hydrogen-bond acceptors (Lipinski definition) is 8. The smallest absolute Gasteiger partial charge is 0.282 e. The van der Waals surface area contributed by atoms with E-state index in [0.29, 0.717) is 23.3 Å². The van der Waals surface area contributed by atoms with Crippen LogP contribution in [0, 0.1) is 5.92 Å². The fourth-order valence-electron chi connectivity index (χ4n) is 5.40. The largest absolute Gasteiger partial charge is 0.309 e. The summed E-state index contributed by atoms with van der Waals surface area (Å²) >= 11 is 1.26. The Balaban J connectivity index is 1.30. The lowest BCUT2D eigenvalue weighted by molar-refractivity contribution is -0.119. The molecule has 0 aliphatic heterocycles. The van der Waals surface area contributed by atoms with Gasteiger partial charge in [-0.2, -0.15) is 5.10 Å². The number of sulfonamides is 1. The summed E-state index contributed by atoms with van der Waals surface area (Å²) < 4.78 is 86.0. The maximum atomic E-state index is 13.6. The van der Waals surface area contributed by atoms with Crippen LogP contribution in [0.15, 0.2) is 17.3 Å². The van der Waals surface area contributed by atoms with Crippen molar-refractivity contribution in [1.82, 2.24) is 29.3 Å². The highest BCUT2D eigenvalue weighted by molar-refractivity contribution is 7.89. The van der Waals surface area contributed by atoms with Crippen molar-refractivity contribution >= 4 is 38.9 Å². The number of fused-ring (bicyclic) bond motifs is 1. The SMILES string of the molecule is Cn1nc(C(F)F)cc1Nc1nncn1[C@H]1CCc2sc(CC(=O)[C@H]3C[C@@H]3F)c(S(=O)(=O)NC3CC(F)C3)c2C1. The fraction of sp³-hybridized carbons (Fsp3) is 0.583. The third kappa shape index (κ3) is 5.16. The zero-order valence-corrected chi connectivity index (χ0v) is 23.0. The maximum absolute atomic E-state index is 13.6. The summed E-state index contributed by atoms with van der Waals surface area (Å²) in [5.74, 6) is -0.465. The van der Waals surface area contributed by atoms with Crippen LogP contribution in [0.2, 0.25) is 0 Å². The van der Waals surface area contributed by atoms with E-state index < -0.39 is 46.4 Å². The molecule has 0 saturated heterocycles. The molecule has 0 amide bonds. The van der Waals surface area contributed by atoms with Crippen molar-refractivity contribution < 1.29 is 30.8 Å². The van der Waals surface area contributed by atoms with Crippen molar-refractivity contribution in [2.24, 2.45) is 13.0 Å². The van der Waals surface area contributed by atoms with Gasteiger partial charge in [0.25, 0.3) is 6.43 Å². The van der Waals surface area contributed by atoms with Gasteiger partial charge in [0.1, 0.15) is 36.0 Å². The molecule has 2 N–H and O–H groups in total. The van der Waals surface area contributed by atoms with Gasteiger partial charge in [0.2, 0.25) is 16.0 Å². The fourth-order valence-corrected chi connectivity index (χ4v) is 8.82. The Morgan fingerprint density at radius 3 is 2.65 bits per heavy atom. The van der Waals surface area contributed by atoms with Crippen LogP contribution in [0.5, 0.6) is 0 Å². The van der Waals surface area contributed by atoms with Crippen LogP contribution in [0.1, 0.15) is 59.2 Å². The van der Waals surface area contributed by atoms with Crippen LogP contribution in [0.25, 0.3) is 0 Å². The first kappa shape index (κ1) is 27.3. The summed E-state index contributed by atoms with van der Waals surface area (Å²) in [6.45, 7) is 0. The Labute approximate surface area is 231 Å². The number of alkyl halides is 4. The van der Waals surface area contributed by atoms with E-state index in [1.54, 1.807) is 4.57 Å². The second kappa shape index (κ2) is 10.2. The molecule has 3 aromatic rings. The first-order valence-corrected chi connectivity index (χ1v) is 15.2. The van der Waals surface area contributed by atoms with E-state index >= 15 is 0 Å². The van der Waals surface area contributed by atoms with Crippen molar-refractivity contribution in [2.45, 2.75) is 80.7 Å². The molecule has 2 fully saturated rings. The molecule has 3 aliphatic rings. The van der Waals surface area contributed by atoms with Gasteiger partial charge in [-0.25, -0.2) is 30.7 Å². The number of nitrogens with zero attached hydrogens (tertiary/aromatic N) is 5. The van der Waals surface area contributed by atoms with Gasteiger partial charge in [0, 0.05) is 41.4 Å². The Kier molecular flexibility index (Phi) is 6.97. The van der Waals surface area contributed by atoms with E-state index in [2.05, 4.69) is 25.3 Å². The van der Waals surface area contributed by atoms with E-state index in [1.165, 1.54) is 35.5 Å².